The van der Waals surface area contributed by atoms with Gasteiger partial charge >= 0.3 is 0 Å². The third-order valence-corrected chi connectivity index (χ3v) is 6.68. The van der Waals surface area contributed by atoms with Crippen LogP contribution in [0.2, 0.25) is 5.02 Å². The number of nitrogens with zero attached hydrogens (tertiary/aromatic N) is 1. The molecule has 176 valence electrons. The van der Waals surface area contributed by atoms with Crippen LogP contribution in [0.25, 0.3) is 27.7 Å². The van der Waals surface area contributed by atoms with Gasteiger partial charge in [-0.1, -0.05) is 60.1 Å². The second-order valence-electron chi connectivity index (χ2n) is 8.06. The molecule has 0 spiro atoms. The zero-order valence-corrected chi connectivity index (χ0v) is 20.7. The zero-order valence-electron chi connectivity index (χ0n) is 19.1. The van der Waals surface area contributed by atoms with Crippen molar-refractivity contribution in [2.75, 3.05) is 14.2 Å². The van der Waals surface area contributed by atoms with Crippen LogP contribution in [0.3, 0.4) is 0 Å². The summed E-state index contributed by atoms with van der Waals surface area (Å²) in [5.41, 5.74) is 7.63. The molecule has 35 heavy (non-hydrogen) atoms. The van der Waals surface area contributed by atoms with Crippen LogP contribution in [-0.2, 0) is 0 Å². The van der Waals surface area contributed by atoms with E-state index in [9.17, 15) is 4.79 Å². The van der Waals surface area contributed by atoms with E-state index in [0.29, 0.717) is 26.9 Å². The number of rotatable bonds is 4. The molecule has 4 aromatic rings. The van der Waals surface area contributed by atoms with Gasteiger partial charge in [0.15, 0.2) is 5.11 Å². The van der Waals surface area contributed by atoms with Crippen LogP contribution in [0.4, 0.5) is 0 Å². The summed E-state index contributed by atoms with van der Waals surface area (Å²) >= 11 is 12.0. The van der Waals surface area contributed by atoms with Gasteiger partial charge in [-0.3, -0.25) is 15.2 Å². The molecule has 2 heterocycles. The number of thiocarbonyl (C=S) groups is 1. The number of H-pyrrole nitrogens is 1. The zero-order chi connectivity index (χ0) is 24.5. The molecule has 0 amide bonds. The lowest BCUT2D eigenvalue weighted by molar-refractivity contribution is 0.326. The summed E-state index contributed by atoms with van der Waals surface area (Å²) in [7, 11) is 3.40. The van der Waals surface area contributed by atoms with Crippen molar-refractivity contribution in [3.8, 4) is 16.9 Å². The minimum absolute atomic E-state index is 0.214. The summed E-state index contributed by atoms with van der Waals surface area (Å²) in [6.07, 6.45) is 1.99. The molecule has 8 heteroatoms. The average Bonchev–Trinajstić information content (AvgIpc) is 3.33. The number of aromatic amines is 1. The molecule has 0 radical (unpaired) electrons. The van der Waals surface area contributed by atoms with Gasteiger partial charge in [-0.2, -0.15) is 0 Å². The number of hydrogen-bond acceptors (Lipinski definition) is 4. The van der Waals surface area contributed by atoms with Gasteiger partial charge in [-0.25, -0.2) is 0 Å². The van der Waals surface area contributed by atoms with Crippen LogP contribution < -0.4 is 21.0 Å². The highest BCUT2D eigenvalue weighted by atomic mass is 35.5. The Morgan fingerprint density at radius 1 is 1.06 bits per heavy atom. The molecule has 3 N–H and O–H groups in total. The molecule has 6 nitrogen and oxygen atoms in total. The van der Waals surface area contributed by atoms with Crippen molar-refractivity contribution in [2.45, 2.75) is 6.04 Å². The van der Waals surface area contributed by atoms with Gasteiger partial charge in [0.1, 0.15) is 11.8 Å². The molecule has 1 atom stereocenters. The fraction of sp³-hybridized carbons (Fsp3) is 0.111. The Balaban J connectivity index is 1.78. The van der Waals surface area contributed by atoms with Gasteiger partial charge in [0.2, 0.25) is 0 Å². The van der Waals surface area contributed by atoms with E-state index in [1.165, 1.54) is 0 Å². The van der Waals surface area contributed by atoms with Gasteiger partial charge in [-0.15, -0.1) is 0 Å². The van der Waals surface area contributed by atoms with E-state index in [-0.39, 0.29) is 11.6 Å². The molecular formula is C27H23ClN4O2S. The number of hydrogen-bond donors (Lipinski definition) is 3. The normalized spacial score (nSPS) is 15.0. The number of methoxy groups -OCH3 is 1. The van der Waals surface area contributed by atoms with Gasteiger partial charge in [0.25, 0.3) is 5.56 Å². The van der Waals surface area contributed by atoms with E-state index in [2.05, 4.69) is 15.7 Å². The molecular weight excluding hydrogens is 480 g/mol. The lowest BCUT2D eigenvalue weighted by Crippen LogP contribution is -2.44. The molecule has 0 fully saturated rings. The number of fused-ring (bicyclic) bond motifs is 1. The standard InChI is InChI=1S/C27H23ClN4O2S/c1-29-27(35)32-22(18-10-6-7-11-23(18)34-2)15-21(31-32)25-24(16-8-4-3-5-9-16)19-14-17(28)12-13-20(19)30-26(25)33/h3-15,22,31H,1-2H3,(H,29,35)(H,30,33)/t22-/m1/s1. The molecule has 0 saturated carbocycles. The summed E-state index contributed by atoms with van der Waals surface area (Å²) in [4.78, 5) is 16.6. The quantitative estimate of drug-likeness (QED) is 0.331. The van der Waals surface area contributed by atoms with Crippen molar-refractivity contribution < 1.29 is 4.74 Å². The fourth-order valence-corrected chi connectivity index (χ4v) is 4.80. The van der Waals surface area contributed by atoms with Crippen LogP contribution in [0, 0.1) is 0 Å². The molecule has 0 saturated heterocycles. The number of aromatic nitrogens is 1. The summed E-state index contributed by atoms with van der Waals surface area (Å²) in [5.74, 6) is 0.725. The Kier molecular flexibility index (Phi) is 6.19. The fourth-order valence-electron chi connectivity index (χ4n) is 4.47. The molecule has 3 aromatic carbocycles. The van der Waals surface area contributed by atoms with Crippen LogP contribution in [0.15, 0.2) is 83.7 Å². The average molecular weight is 503 g/mol. The first-order valence-electron chi connectivity index (χ1n) is 11.1. The lowest BCUT2D eigenvalue weighted by Gasteiger charge is -2.28. The maximum atomic E-state index is 13.6. The number of hydrazine groups is 1. The summed E-state index contributed by atoms with van der Waals surface area (Å²) in [6, 6.07) is 22.7. The van der Waals surface area contributed by atoms with Crippen LogP contribution in [-0.4, -0.2) is 29.3 Å². The molecule has 1 aliphatic rings. The largest absolute Gasteiger partial charge is 0.496 e. The van der Waals surface area contributed by atoms with E-state index in [1.54, 1.807) is 20.2 Å². The number of halogens is 1. The number of ether oxygens (including phenoxy) is 1. The Morgan fingerprint density at radius 3 is 2.54 bits per heavy atom. The van der Waals surface area contributed by atoms with E-state index in [0.717, 1.165) is 27.8 Å². The number of para-hydroxylation sites is 1. The highest BCUT2D eigenvalue weighted by Gasteiger charge is 2.32. The van der Waals surface area contributed by atoms with Crippen molar-refractivity contribution >= 4 is 45.5 Å². The summed E-state index contributed by atoms with van der Waals surface area (Å²) < 4.78 is 5.62. The van der Waals surface area contributed by atoms with Crippen molar-refractivity contribution in [2.24, 2.45) is 0 Å². The highest BCUT2D eigenvalue weighted by Crippen LogP contribution is 2.39. The first-order chi connectivity index (χ1) is 17.0. The third-order valence-electron chi connectivity index (χ3n) is 6.04. The molecule has 1 aliphatic heterocycles. The van der Waals surface area contributed by atoms with Gasteiger partial charge in [-0.05, 0) is 48.1 Å². The first-order valence-corrected chi connectivity index (χ1v) is 11.8. The molecule has 1 aromatic heterocycles. The van der Waals surface area contributed by atoms with Crippen LogP contribution in [0.5, 0.6) is 5.75 Å². The van der Waals surface area contributed by atoms with Gasteiger partial charge in [0, 0.05) is 34.1 Å². The Morgan fingerprint density at radius 2 is 1.80 bits per heavy atom. The minimum atomic E-state index is -0.306. The van der Waals surface area contributed by atoms with Crippen LogP contribution >= 0.6 is 23.8 Å². The predicted octanol–water partition coefficient (Wildman–Crippen LogP) is 5.26. The summed E-state index contributed by atoms with van der Waals surface area (Å²) in [5, 5.41) is 6.77. The molecule has 0 aliphatic carbocycles. The maximum Gasteiger partial charge on any atom is 0.258 e. The van der Waals surface area contributed by atoms with Crippen molar-refractivity contribution in [1.82, 2.24) is 20.7 Å². The number of pyridine rings is 1. The Hall–Kier alpha value is -3.81. The smallest absolute Gasteiger partial charge is 0.258 e. The third kappa shape index (κ3) is 4.13. The lowest BCUT2D eigenvalue weighted by atomic mass is 9.94. The maximum absolute atomic E-state index is 13.6. The van der Waals surface area contributed by atoms with Crippen molar-refractivity contribution in [1.29, 1.82) is 0 Å². The molecule has 0 bridgehead atoms. The predicted molar refractivity (Wildman–Crippen MR) is 145 cm³/mol. The number of nitrogens with one attached hydrogen (secondary N) is 3. The van der Waals surface area contributed by atoms with E-state index >= 15 is 0 Å². The van der Waals surface area contributed by atoms with Gasteiger partial charge < -0.3 is 15.0 Å². The summed E-state index contributed by atoms with van der Waals surface area (Å²) in [6.45, 7) is 0. The second-order valence-corrected chi connectivity index (χ2v) is 8.89. The van der Waals surface area contributed by atoms with Crippen LogP contribution in [0.1, 0.15) is 17.2 Å². The van der Waals surface area contributed by atoms with Crippen molar-refractivity contribution in [3.63, 3.8) is 0 Å². The SMILES string of the molecule is CNC(=S)N1NC(c2c(-c3ccccc3)c3cc(Cl)ccc3[nH]c2=O)=C[C@@H]1c1ccccc1OC. The van der Waals surface area contributed by atoms with Gasteiger partial charge in [0.05, 0.1) is 18.4 Å². The Labute approximate surface area is 213 Å². The topological polar surface area (TPSA) is 69.4 Å². The monoisotopic (exact) mass is 502 g/mol. The van der Waals surface area contributed by atoms with E-state index < -0.39 is 0 Å². The highest BCUT2D eigenvalue weighted by molar-refractivity contribution is 7.80. The minimum Gasteiger partial charge on any atom is -0.496 e. The van der Waals surface area contributed by atoms with Crippen molar-refractivity contribution in [3.05, 3.63) is 105 Å². The number of benzene rings is 3. The Bertz CT molecular complexity index is 1520. The first kappa shape index (κ1) is 23.0. The molecule has 5 rings (SSSR count). The van der Waals surface area contributed by atoms with E-state index in [1.807, 2.05) is 77.8 Å². The van der Waals surface area contributed by atoms with E-state index in [4.69, 9.17) is 28.6 Å². The molecule has 0 unspecified atom stereocenters. The second kappa shape index (κ2) is 9.44.